The molecule has 2 N–H and O–H groups in total. The first-order valence-corrected chi connectivity index (χ1v) is 12.6. The Labute approximate surface area is 221 Å². The molecule has 6 nitrogen and oxygen atoms in total. The number of ether oxygens (including phenoxy) is 2. The van der Waals surface area contributed by atoms with Crippen LogP contribution in [0.5, 0.6) is 0 Å². The predicted octanol–water partition coefficient (Wildman–Crippen LogP) is 5.49. The van der Waals surface area contributed by atoms with Crippen molar-refractivity contribution in [3.8, 4) is 22.3 Å². The van der Waals surface area contributed by atoms with Crippen LogP contribution in [0.1, 0.15) is 34.1 Å². The fourth-order valence-electron chi connectivity index (χ4n) is 5.33. The third-order valence-electron chi connectivity index (χ3n) is 7.05. The molecule has 0 aromatic heterocycles. The van der Waals surface area contributed by atoms with E-state index in [1.165, 1.54) is 44.5 Å². The van der Waals surface area contributed by atoms with Crippen LogP contribution in [0.3, 0.4) is 0 Å². The zero-order valence-electron chi connectivity index (χ0n) is 21.1. The van der Waals surface area contributed by atoms with Crippen molar-refractivity contribution in [3.63, 3.8) is 0 Å². The van der Waals surface area contributed by atoms with Gasteiger partial charge in [-0.25, -0.2) is 9.59 Å². The molecule has 0 heterocycles. The van der Waals surface area contributed by atoms with Gasteiger partial charge in [0.25, 0.3) is 0 Å². The maximum Gasteiger partial charge on any atom is 0.406 e. The second-order valence-electron chi connectivity index (χ2n) is 9.14. The Bertz CT molecular complexity index is 1260. The molecule has 0 spiro atoms. The smallest absolute Gasteiger partial charge is 0.406 e. The van der Waals surface area contributed by atoms with E-state index in [1.807, 2.05) is 48.5 Å². The van der Waals surface area contributed by atoms with Gasteiger partial charge in [0.15, 0.2) is 0 Å². The first-order chi connectivity index (χ1) is 18.6. The van der Waals surface area contributed by atoms with E-state index in [0.29, 0.717) is 6.61 Å². The molecule has 1 amide bonds. The van der Waals surface area contributed by atoms with Crippen molar-refractivity contribution >= 4 is 12.1 Å². The van der Waals surface area contributed by atoms with Crippen LogP contribution in [0.2, 0.25) is 0 Å². The first-order valence-electron chi connectivity index (χ1n) is 12.6. The van der Waals surface area contributed by atoms with Crippen LogP contribution in [0.15, 0.2) is 97.1 Å². The number of hydrogen-bond acceptors (Lipinski definition) is 5. The topological polar surface area (TPSA) is 84.9 Å². The Balaban J connectivity index is 0.000000155. The van der Waals surface area contributed by atoms with Gasteiger partial charge < -0.3 is 19.9 Å². The summed E-state index contributed by atoms with van der Waals surface area (Å²) in [7, 11) is 1.57. The number of rotatable bonds is 5. The largest absolute Gasteiger partial charge is 0.463 e. The molecule has 0 saturated carbocycles. The van der Waals surface area contributed by atoms with E-state index in [4.69, 9.17) is 14.6 Å². The summed E-state index contributed by atoms with van der Waals surface area (Å²) in [5.41, 5.74) is 9.68. The molecule has 2 aliphatic rings. The van der Waals surface area contributed by atoms with E-state index in [1.54, 1.807) is 7.05 Å². The molecule has 0 aliphatic heterocycles. The van der Waals surface area contributed by atoms with E-state index in [0.717, 1.165) is 0 Å². The Morgan fingerprint density at radius 3 is 1.32 bits per heavy atom. The Hall–Kier alpha value is -4.42. The number of hydrogen-bond donors (Lipinski definition) is 2. The lowest BCUT2D eigenvalue weighted by Crippen LogP contribution is -2.21. The first kappa shape index (κ1) is 25.2. The van der Waals surface area contributed by atoms with Gasteiger partial charge >= 0.3 is 12.1 Å². The number of alkyl carbamates (subject to hydrolysis) is 1. The molecule has 4 aromatic carbocycles. The van der Waals surface area contributed by atoms with Crippen molar-refractivity contribution in [2.75, 3.05) is 26.9 Å². The average Bonchev–Trinajstić information content (AvgIpc) is 3.47. The van der Waals surface area contributed by atoms with Crippen LogP contribution in [-0.4, -0.2) is 44.0 Å². The minimum Gasteiger partial charge on any atom is -0.463 e. The summed E-state index contributed by atoms with van der Waals surface area (Å²) >= 11 is 0. The van der Waals surface area contributed by atoms with Crippen molar-refractivity contribution in [1.82, 2.24) is 5.32 Å². The van der Waals surface area contributed by atoms with Crippen LogP contribution in [0.4, 0.5) is 4.79 Å². The lowest BCUT2D eigenvalue weighted by molar-refractivity contribution is -0.147. The van der Waals surface area contributed by atoms with E-state index in [9.17, 15) is 9.59 Å². The number of carbonyl (C=O) groups is 2. The number of carbonyl (C=O) groups excluding carboxylic acids is 2. The number of esters is 1. The van der Waals surface area contributed by atoms with Crippen LogP contribution in [0, 0.1) is 0 Å². The lowest BCUT2D eigenvalue weighted by Gasteiger charge is -2.13. The zero-order chi connectivity index (χ0) is 26.5. The Kier molecular flexibility index (Phi) is 7.52. The molecule has 4 aromatic rings. The third kappa shape index (κ3) is 4.91. The highest BCUT2D eigenvalue weighted by Gasteiger charge is 2.30. The molecule has 0 bridgehead atoms. The molecular weight excluding hydrogens is 478 g/mol. The third-order valence-corrected chi connectivity index (χ3v) is 7.05. The monoisotopic (exact) mass is 507 g/mol. The highest BCUT2D eigenvalue weighted by molar-refractivity contribution is 5.80. The average molecular weight is 508 g/mol. The molecule has 38 heavy (non-hydrogen) atoms. The van der Waals surface area contributed by atoms with Crippen LogP contribution in [0.25, 0.3) is 22.3 Å². The maximum absolute atomic E-state index is 11.3. The maximum atomic E-state index is 11.3. The fraction of sp³-hybridized carbons (Fsp3) is 0.188. The summed E-state index contributed by atoms with van der Waals surface area (Å²) < 4.78 is 10.3. The number of aliphatic hydroxyl groups is 1. The molecule has 192 valence electrons. The van der Waals surface area contributed by atoms with Crippen LogP contribution in [-0.2, 0) is 14.3 Å². The van der Waals surface area contributed by atoms with Gasteiger partial charge in [0.05, 0.1) is 0 Å². The summed E-state index contributed by atoms with van der Waals surface area (Å²) in [6.07, 6.45) is -0.387. The number of aliphatic hydroxyl groups excluding tert-OH is 1. The molecule has 0 fully saturated rings. The molecule has 0 atom stereocenters. The van der Waals surface area contributed by atoms with E-state index >= 15 is 0 Å². The summed E-state index contributed by atoms with van der Waals surface area (Å²) in [5, 5.41) is 11.2. The van der Waals surface area contributed by atoms with E-state index in [2.05, 4.69) is 53.8 Å². The van der Waals surface area contributed by atoms with Gasteiger partial charge in [-0.2, -0.15) is 0 Å². The standard InChI is InChI=1S/C16H15NO2.C16H14O3/c1-17-16(18)19-10-15-13-8-4-2-6-11(13)12-7-3-5-9-14(12)15;17-9-16(18)19-10-15-13-7-3-1-5-11(13)12-6-2-4-8-14(12)15/h2-9,15H,10H2,1H3,(H,17,18);1-8,15,17H,9-10H2. The number of benzene rings is 4. The van der Waals surface area contributed by atoms with Crippen molar-refractivity contribution in [3.05, 3.63) is 119 Å². The van der Waals surface area contributed by atoms with Gasteiger partial charge in [-0.15, -0.1) is 0 Å². The molecule has 0 unspecified atom stereocenters. The van der Waals surface area contributed by atoms with E-state index in [-0.39, 0.29) is 24.5 Å². The highest BCUT2D eigenvalue weighted by Crippen LogP contribution is 2.45. The summed E-state index contributed by atoms with van der Waals surface area (Å²) in [4.78, 5) is 22.4. The van der Waals surface area contributed by atoms with Gasteiger partial charge in [0.2, 0.25) is 0 Å². The zero-order valence-corrected chi connectivity index (χ0v) is 21.1. The van der Waals surface area contributed by atoms with Crippen LogP contribution < -0.4 is 5.32 Å². The Morgan fingerprint density at radius 1 is 0.632 bits per heavy atom. The molecule has 6 heteroatoms. The molecule has 0 saturated heterocycles. The molecule has 2 aliphatic carbocycles. The minimum absolute atomic E-state index is 0.0582. The molecular formula is C32H29NO5. The number of amides is 1. The normalized spacial score (nSPS) is 12.8. The summed E-state index contributed by atoms with van der Waals surface area (Å²) in [6.45, 7) is 0.0666. The second kappa shape index (κ2) is 11.3. The van der Waals surface area contributed by atoms with Gasteiger partial charge in [-0.1, -0.05) is 97.1 Å². The van der Waals surface area contributed by atoms with Crippen molar-refractivity contribution in [2.24, 2.45) is 0 Å². The summed E-state index contributed by atoms with van der Waals surface area (Å²) in [6, 6.07) is 32.9. The molecule has 0 radical (unpaired) electrons. The highest BCUT2D eigenvalue weighted by atomic mass is 16.5. The number of fused-ring (bicyclic) bond motifs is 6. The van der Waals surface area contributed by atoms with Crippen molar-refractivity contribution < 1.29 is 24.2 Å². The van der Waals surface area contributed by atoms with E-state index < -0.39 is 12.6 Å². The molecule has 6 rings (SSSR count). The summed E-state index contributed by atoms with van der Waals surface area (Å²) in [5.74, 6) is -0.394. The van der Waals surface area contributed by atoms with Gasteiger partial charge in [0, 0.05) is 18.9 Å². The van der Waals surface area contributed by atoms with Crippen LogP contribution >= 0.6 is 0 Å². The number of nitrogens with one attached hydrogen (secondary N) is 1. The SMILES string of the molecule is CNC(=O)OCC1c2ccccc2-c2ccccc21.O=C(CO)OCC1c2ccccc2-c2ccccc21. The van der Waals surface area contributed by atoms with Crippen molar-refractivity contribution in [1.29, 1.82) is 0 Å². The van der Waals surface area contributed by atoms with Crippen molar-refractivity contribution in [2.45, 2.75) is 11.8 Å². The minimum atomic E-state index is -0.582. The van der Waals surface area contributed by atoms with Gasteiger partial charge in [0.1, 0.15) is 19.8 Å². The quantitative estimate of drug-likeness (QED) is 0.349. The second-order valence-corrected chi connectivity index (χ2v) is 9.14. The lowest BCUT2D eigenvalue weighted by atomic mass is 9.98. The Morgan fingerprint density at radius 2 is 0.974 bits per heavy atom. The van der Waals surface area contributed by atoms with Gasteiger partial charge in [-0.3, -0.25) is 0 Å². The van der Waals surface area contributed by atoms with Gasteiger partial charge in [-0.05, 0) is 44.5 Å². The fourth-order valence-corrected chi connectivity index (χ4v) is 5.33. The predicted molar refractivity (Wildman–Crippen MR) is 146 cm³/mol.